The van der Waals surface area contributed by atoms with E-state index in [1.807, 2.05) is 25.1 Å². The fraction of sp³-hybridized carbons (Fsp3) is 0.423. The Balaban J connectivity index is 1.83. The number of ether oxygens (including phenoxy) is 7. The molecule has 62 heavy (non-hydrogen) atoms. The van der Waals surface area contributed by atoms with E-state index in [-0.39, 0.29) is 53.5 Å². The molecule has 0 fully saturated rings. The minimum Gasteiger partial charge on any atom is -0.504 e. The maximum absolute atomic E-state index is 14.2. The fourth-order valence-electron chi connectivity index (χ4n) is 8.36. The monoisotopic (exact) mass is 850 g/mol. The standard InChI is InChI=1S/C52H66O10/c1-14-34-23-38(24-35(15-2)49(34)59-11)32(6)21-42(30-62-52(55)41-26-45(54)51(61-13)48(29-41)58-10)37(18-19-44(53)40-22-33(7)43(17-4)46(28-40)56-8)20-31(5)39-25-36(16-3)50(60-12)47(27-39)57-9/h22-29,37,42,54H,5-6,14-21,30H2,1-4,7-13H3. The molecule has 0 aliphatic carbocycles. The van der Waals surface area contributed by atoms with Gasteiger partial charge in [0.1, 0.15) is 11.5 Å². The number of aromatic hydroxyl groups is 1. The van der Waals surface area contributed by atoms with Gasteiger partial charge in [0.2, 0.25) is 5.75 Å². The summed E-state index contributed by atoms with van der Waals surface area (Å²) in [5, 5.41) is 10.7. The van der Waals surface area contributed by atoms with E-state index in [4.69, 9.17) is 33.2 Å². The van der Waals surface area contributed by atoms with Crippen molar-refractivity contribution in [3.05, 3.63) is 112 Å². The summed E-state index contributed by atoms with van der Waals surface area (Å²) in [5.41, 5.74) is 9.44. The van der Waals surface area contributed by atoms with Crippen molar-refractivity contribution >= 4 is 22.9 Å². The topological polar surface area (TPSA) is 119 Å². The molecule has 0 amide bonds. The van der Waals surface area contributed by atoms with Gasteiger partial charge in [0.05, 0.1) is 54.8 Å². The van der Waals surface area contributed by atoms with E-state index in [1.54, 1.807) is 28.4 Å². The number of allylic oxidation sites excluding steroid dienone is 2. The van der Waals surface area contributed by atoms with Crippen molar-refractivity contribution in [2.45, 2.75) is 86.0 Å². The number of hydrogen-bond donors (Lipinski definition) is 1. The number of benzene rings is 4. The first-order valence-corrected chi connectivity index (χ1v) is 21.4. The predicted molar refractivity (Wildman–Crippen MR) is 247 cm³/mol. The maximum Gasteiger partial charge on any atom is 0.338 e. The summed E-state index contributed by atoms with van der Waals surface area (Å²) in [6.07, 6.45) is 4.64. The summed E-state index contributed by atoms with van der Waals surface area (Å²) >= 11 is 0. The van der Waals surface area contributed by atoms with Crippen LogP contribution in [0.2, 0.25) is 0 Å². The highest BCUT2D eigenvalue weighted by atomic mass is 16.5. The molecular formula is C52H66O10. The first-order valence-electron chi connectivity index (χ1n) is 21.4. The second-order valence-electron chi connectivity index (χ2n) is 15.5. The highest BCUT2D eigenvalue weighted by Gasteiger charge is 2.29. The van der Waals surface area contributed by atoms with Crippen molar-refractivity contribution in [2.24, 2.45) is 11.8 Å². The van der Waals surface area contributed by atoms with E-state index < -0.39 is 5.97 Å². The number of rotatable bonds is 24. The number of aryl methyl sites for hydroxylation is 4. The third-order valence-corrected chi connectivity index (χ3v) is 11.8. The van der Waals surface area contributed by atoms with E-state index in [9.17, 15) is 14.7 Å². The van der Waals surface area contributed by atoms with Crippen LogP contribution in [0.4, 0.5) is 0 Å². The molecule has 0 saturated carbocycles. The normalized spacial score (nSPS) is 11.9. The lowest BCUT2D eigenvalue weighted by molar-refractivity contribution is 0.0387. The summed E-state index contributed by atoms with van der Waals surface area (Å²) in [4.78, 5) is 28.0. The third-order valence-electron chi connectivity index (χ3n) is 11.8. The lowest BCUT2D eigenvalue weighted by atomic mass is 9.77. The van der Waals surface area contributed by atoms with Crippen molar-refractivity contribution in [3.63, 3.8) is 0 Å². The van der Waals surface area contributed by atoms with E-state index in [0.717, 1.165) is 75.1 Å². The van der Waals surface area contributed by atoms with Crippen LogP contribution in [0.3, 0.4) is 0 Å². The van der Waals surface area contributed by atoms with Gasteiger partial charge in [0.25, 0.3) is 0 Å². The zero-order chi connectivity index (χ0) is 45.7. The van der Waals surface area contributed by atoms with Gasteiger partial charge >= 0.3 is 5.97 Å². The lowest BCUT2D eigenvalue weighted by Gasteiger charge is -2.29. The molecule has 0 aliphatic rings. The van der Waals surface area contributed by atoms with Crippen LogP contribution in [0.5, 0.6) is 40.2 Å². The largest absolute Gasteiger partial charge is 0.504 e. The fourth-order valence-corrected chi connectivity index (χ4v) is 8.36. The van der Waals surface area contributed by atoms with Crippen LogP contribution in [-0.4, -0.2) is 66.1 Å². The third kappa shape index (κ3) is 11.3. The van der Waals surface area contributed by atoms with E-state index in [0.29, 0.717) is 48.5 Å². The van der Waals surface area contributed by atoms with Gasteiger partial charge in [0, 0.05) is 17.9 Å². The van der Waals surface area contributed by atoms with Gasteiger partial charge in [-0.1, -0.05) is 40.9 Å². The van der Waals surface area contributed by atoms with Crippen molar-refractivity contribution < 1.29 is 47.9 Å². The average molecular weight is 851 g/mol. The summed E-state index contributed by atoms with van der Waals surface area (Å²) in [6, 6.07) is 14.8. The first-order chi connectivity index (χ1) is 29.7. The molecule has 4 rings (SSSR count). The Labute approximate surface area is 368 Å². The number of Topliss-reactive ketones (excluding diaryl/α,β-unsaturated/α-hetero) is 1. The molecule has 10 heteroatoms. The number of carbonyl (C=O) groups excluding carboxylic acids is 2. The minimum absolute atomic E-state index is 0.0131. The Kier molecular flexibility index (Phi) is 17.9. The van der Waals surface area contributed by atoms with Crippen LogP contribution in [0, 0.1) is 18.8 Å². The summed E-state index contributed by atoms with van der Waals surface area (Å²) < 4.78 is 39.9. The average Bonchev–Trinajstić information content (AvgIpc) is 3.29. The zero-order valence-electron chi connectivity index (χ0n) is 38.7. The highest BCUT2D eigenvalue weighted by Crippen LogP contribution is 2.41. The molecule has 1 N–H and O–H groups in total. The molecular weight excluding hydrogens is 785 g/mol. The van der Waals surface area contributed by atoms with Crippen LogP contribution in [0.25, 0.3) is 11.1 Å². The summed E-state index contributed by atoms with van der Waals surface area (Å²) in [6.45, 7) is 19.5. The number of ketones is 1. The van der Waals surface area contributed by atoms with Crippen molar-refractivity contribution in [2.75, 3.05) is 49.3 Å². The number of phenols is 1. The molecule has 0 radical (unpaired) electrons. The van der Waals surface area contributed by atoms with Gasteiger partial charge in [-0.05, 0) is 156 Å². The van der Waals surface area contributed by atoms with Gasteiger partial charge in [-0.3, -0.25) is 4.79 Å². The Morgan fingerprint density at radius 3 is 1.56 bits per heavy atom. The second kappa shape index (κ2) is 22.8. The van der Waals surface area contributed by atoms with Gasteiger partial charge in [-0.2, -0.15) is 0 Å². The summed E-state index contributed by atoms with van der Waals surface area (Å²) in [5.74, 6) is 1.67. The molecule has 2 atom stereocenters. The van der Waals surface area contributed by atoms with Gasteiger partial charge < -0.3 is 38.3 Å². The molecule has 4 aromatic rings. The predicted octanol–water partition coefficient (Wildman–Crippen LogP) is 11.3. The van der Waals surface area contributed by atoms with Crippen molar-refractivity contribution in [3.8, 4) is 40.2 Å². The molecule has 10 nitrogen and oxygen atoms in total. The number of hydrogen-bond acceptors (Lipinski definition) is 10. The quantitative estimate of drug-likeness (QED) is 0.0539. The number of methoxy groups -OCH3 is 6. The molecule has 0 spiro atoms. The van der Waals surface area contributed by atoms with Crippen molar-refractivity contribution in [1.29, 1.82) is 0 Å². The Morgan fingerprint density at radius 1 is 0.565 bits per heavy atom. The van der Waals surface area contributed by atoms with Crippen LogP contribution in [0.1, 0.15) is 113 Å². The van der Waals surface area contributed by atoms with Gasteiger partial charge in [-0.25, -0.2) is 4.79 Å². The lowest BCUT2D eigenvalue weighted by Crippen LogP contribution is -2.24. The van der Waals surface area contributed by atoms with Crippen LogP contribution in [0.15, 0.2) is 61.7 Å². The SMILES string of the molecule is C=C(CC(CCC(=O)c1cc(C)c(CC)c(OC)c1)C(COC(=O)c1cc(O)c(OC)c(OC)c1)CC(=C)c1cc(CC)c(OC)c(CC)c1)c1cc(CC)c(OC)c(OC)c1. The van der Waals surface area contributed by atoms with E-state index >= 15 is 0 Å². The van der Waals surface area contributed by atoms with E-state index in [1.165, 1.54) is 26.4 Å². The molecule has 4 aromatic carbocycles. The van der Waals surface area contributed by atoms with Gasteiger partial charge in [0.15, 0.2) is 28.8 Å². The highest BCUT2D eigenvalue weighted by molar-refractivity contribution is 5.97. The van der Waals surface area contributed by atoms with Crippen LogP contribution >= 0.6 is 0 Å². The first kappa shape index (κ1) is 48.8. The molecule has 0 aliphatic heterocycles. The Morgan fingerprint density at radius 2 is 1.05 bits per heavy atom. The zero-order valence-corrected chi connectivity index (χ0v) is 38.7. The number of esters is 1. The van der Waals surface area contributed by atoms with Gasteiger partial charge in [-0.15, -0.1) is 0 Å². The molecule has 0 aromatic heterocycles. The molecule has 0 saturated heterocycles. The minimum atomic E-state index is -0.650. The maximum atomic E-state index is 14.2. The molecule has 0 heterocycles. The number of phenolic OH excluding ortho intramolecular Hbond substituents is 1. The van der Waals surface area contributed by atoms with E-state index in [2.05, 4.69) is 59.1 Å². The Hall–Kier alpha value is -5.90. The molecule has 2 unspecified atom stereocenters. The summed E-state index contributed by atoms with van der Waals surface area (Å²) in [7, 11) is 9.40. The molecule has 334 valence electrons. The molecule has 0 bridgehead atoms. The van der Waals surface area contributed by atoms with Crippen LogP contribution in [-0.2, 0) is 30.4 Å². The smallest absolute Gasteiger partial charge is 0.338 e. The Bertz CT molecular complexity index is 2030. The second-order valence-corrected chi connectivity index (χ2v) is 15.5. The van der Waals surface area contributed by atoms with Crippen molar-refractivity contribution in [1.82, 2.24) is 0 Å². The number of carbonyl (C=O) groups is 2. The van der Waals surface area contributed by atoms with Crippen LogP contribution < -0.4 is 28.4 Å².